The minimum Gasteiger partial charge on any atom is -0.440 e. The molecule has 9 heteroatoms. The van der Waals surface area contributed by atoms with E-state index in [-0.39, 0.29) is 5.91 Å². The second-order valence-corrected chi connectivity index (χ2v) is 9.72. The highest BCUT2D eigenvalue weighted by Gasteiger charge is 2.25. The van der Waals surface area contributed by atoms with Gasteiger partial charge in [-0.15, -0.1) is 10.2 Å². The number of halogens is 1. The number of piperidine rings is 1. The van der Waals surface area contributed by atoms with Crippen LogP contribution >= 0.6 is 22.9 Å². The largest absolute Gasteiger partial charge is 0.440 e. The summed E-state index contributed by atoms with van der Waals surface area (Å²) in [4.78, 5) is 19.5. The van der Waals surface area contributed by atoms with Gasteiger partial charge in [0.25, 0.3) is 5.91 Å². The molecular weight excluding hydrogens is 458 g/mol. The Morgan fingerprint density at radius 2 is 1.97 bits per heavy atom. The van der Waals surface area contributed by atoms with Crippen LogP contribution in [0.3, 0.4) is 0 Å². The van der Waals surface area contributed by atoms with Crippen molar-refractivity contribution in [1.82, 2.24) is 20.1 Å². The molecule has 1 N–H and O–H groups in total. The summed E-state index contributed by atoms with van der Waals surface area (Å²) in [6, 6.07) is 13.4. The number of nitrogens with zero attached hydrogens (tertiary/aromatic N) is 4. The maximum Gasteiger partial charge on any atom is 0.286 e. The van der Waals surface area contributed by atoms with Crippen molar-refractivity contribution in [1.29, 1.82) is 0 Å². The smallest absolute Gasteiger partial charge is 0.286 e. The number of rotatable bonds is 6. The van der Waals surface area contributed by atoms with Crippen LogP contribution < -0.4 is 5.32 Å². The fourth-order valence-corrected chi connectivity index (χ4v) is 4.98. The lowest BCUT2D eigenvalue weighted by Crippen LogP contribution is -2.32. The molecule has 1 aliphatic heterocycles. The second-order valence-electron chi connectivity index (χ2n) is 8.22. The molecule has 0 saturated carbocycles. The molecule has 0 radical (unpaired) electrons. The molecule has 1 amide bonds. The molecule has 170 valence electrons. The molecule has 2 aromatic carbocycles. The molecule has 0 atom stereocenters. The summed E-state index contributed by atoms with van der Waals surface area (Å²) < 4.78 is 5.95. The van der Waals surface area contributed by atoms with Crippen LogP contribution in [0.1, 0.15) is 51.9 Å². The average Bonchev–Trinajstić information content (AvgIpc) is 3.47. The number of nitrogens with one attached hydrogen (secondary N) is 1. The Bertz CT molecular complexity index is 1260. The third kappa shape index (κ3) is 5.08. The maximum atomic E-state index is 12.5. The zero-order valence-electron chi connectivity index (χ0n) is 18.3. The highest BCUT2D eigenvalue weighted by atomic mass is 35.5. The van der Waals surface area contributed by atoms with Crippen LogP contribution in [-0.4, -0.2) is 39.1 Å². The van der Waals surface area contributed by atoms with Crippen LogP contribution in [0.15, 0.2) is 46.9 Å². The number of aromatic nitrogens is 3. The van der Waals surface area contributed by atoms with Crippen molar-refractivity contribution >= 4 is 45.6 Å². The van der Waals surface area contributed by atoms with Crippen molar-refractivity contribution < 1.29 is 9.21 Å². The SMILES string of the molecule is CCc1ccc(NC(=O)c2nnc(CN3CCC(c4nc5cc(Cl)ccc5o4)CC3)s2)cc1. The Morgan fingerprint density at radius 1 is 1.18 bits per heavy atom. The number of amides is 1. The van der Waals surface area contributed by atoms with Crippen LogP contribution in [-0.2, 0) is 13.0 Å². The van der Waals surface area contributed by atoms with Gasteiger partial charge < -0.3 is 9.73 Å². The van der Waals surface area contributed by atoms with E-state index in [1.54, 1.807) is 0 Å². The van der Waals surface area contributed by atoms with E-state index in [1.807, 2.05) is 42.5 Å². The molecular formula is C24H24ClN5O2S. The van der Waals surface area contributed by atoms with Gasteiger partial charge in [-0.25, -0.2) is 4.98 Å². The van der Waals surface area contributed by atoms with Gasteiger partial charge in [-0.2, -0.15) is 0 Å². The van der Waals surface area contributed by atoms with Crippen LogP contribution in [0, 0.1) is 0 Å². The second kappa shape index (κ2) is 9.59. The highest BCUT2D eigenvalue weighted by molar-refractivity contribution is 7.13. The number of fused-ring (bicyclic) bond motifs is 1. The van der Waals surface area contributed by atoms with Gasteiger partial charge in [-0.3, -0.25) is 9.69 Å². The first-order valence-corrected chi connectivity index (χ1v) is 12.3. The summed E-state index contributed by atoms with van der Waals surface area (Å²) in [6.45, 7) is 4.61. The number of likely N-dealkylation sites (tertiary alicyclic amines) is 1. The number of carbonyl (C=O) groups excluding carboxylic acids is 1. The summed E-state index contributed by atoms with van der Waals surface area (Å²) in [7, 11) is 0. The fraction of sp³-hybridized carbons (Fsp3) is 0.333. The Labute approximate surface area is 200 Å². The Balaban J connectivity index is 1.15. The molecule has 1 saturated heterocycles. The van der Waals surface area contributed by atoms with E-state index in [0.717, 1.165) is 60.0 Å². The molecule has 2 aromatic heterocycles. The van der Waals surface area contributed by atoms with Gasteiger partial charge >= 0.3 is 0 Å². The van der Waals surface area contributed by atoms with Crippen LogP contribution in [0.2, 0.25) is 5.02 Å². The number of anilines is 1. The van der Waals surface area contributed by atoms with Crippen molar-refractivity contribution in [2.75, 3.05) is 18.4 Å². The molecule has 3 heterocycles. The molecule has 7 nitrogen and oxygen atoms in total. The van der Waals surface area contributed by atoms with Gasteiger partial charge in [0, 0.05) is 16.6 Å². The lowest BCUT2D eigenvalue weighted by atomic mass is 9.97. The van der Waals surface area contributed by atoms with Gasteiger partial charge in [-0.05, 0) is 68.2 Å². The zero-order valence-corrected chi connectivity index (χ0v) is 19.8. The van der Waals surface area contributed by atoms with Gasteiger partial charge in [0.2, 0.25) is 5.01 Å². The topological polar surface area (TPSA) is 84.2 Å². The predicted octanol–water partition coefficient (Wildman–Crippen LogP) is 5.53. The number of carbonyl (C=O) groups is 1. The first kappa shape index (κ1) is 22.0. The molecule has 0 bridgehead atoms. The van der Waals surface area contributed by atoms with Crippen molar-refractivity contribution in [3.8, 4) is 0 Å². The number of hydrogen-bond donors (Lipinski definition) is 1. The van der Waals surface area contributed by atoms with E-state index in [4.69, 9.17) is 16.0 Å². The van der Waals surface area contributed by atoms with Crippen LogP contribution in [0.4, 0.5) is 5.69 Å². The Morgan fingerprint density at radius 3 is 2.73 bits per heavy atom. The minimum atomic E-state index is -0.224. The monoisotopic (exact) mass is 481 g/mol. The average molecular weight is 482 g/mol. The van der Waals surface area contributed by atoms with Crippen molar-refractivity contribution in [2.24, 2.45) is 0 Å². The standard InChI is InChI=1S/C24H24ClN5O2S/c1-2-15-3-6-18(7-4-15)26-22(31)24-29-28-21(33-24)14-30-11-9-16(10-12-30)23-27-19-13-17(25)5-8-20(19)32-23/h3-8,13,16H,2,9-12,14H2,1H3,(H,26,31). The van der Waals surface area contributed by atoms with Gasteiger partial charge in [0.15, 0.2) is 11.5 Å². The Hall–Kier alpha value is -2.81. The molecule has 1 fully saturated rings. The summed E-state index contributed by atoms with van der Waals surface area (Å²) >= 11 is 7.40. The van der Waals surface area contributed by atoms with E-state index in [2.05, 4.69) is 32.3 Å². The first-order chi connectivity index (χ1) is 16.1. The summed E-state index contributed by atoms with van der Waals surface area (Å²) in [5, 5.41) is 13.1. The normalized spacial score (nSPS) is 15.2. The van der Waals surface area contributed by atoms with E-state index in [1.165, 1.54) is 16.9 Å². The Kier molecular flexibility index (Phi) is 6.39. The third-order valence-electron chi connectivity index (χ3n) is 5.94. The third-order valence-corrected chi connectivity index (χ3v) is 7.08. The summed E-state index contributed by atoms with van der Waals surface area (Å²) in [5.41, 5.74) is 3.58. The molecule has 0 unspecified atom stereocenters. The van der Waals surface area contributed by atoms with Gasteiger partial charge in [0.1, 0.15) is 10.5 Å². The zero-order chi connectivity index (χ0) is 22.8. The van der Waals surface area contributed by atoms with Crippen molar-refractivity contribution in [3.63, 3.8) is 0 Å². The number of hydrogen-bond acceptors (Lipinski definition) is 7. The lowest BCUT2D eigenvalue weighted by molar-refractivity contribution is 0.102. The fourth-order valence-electron chi connectivity index (χ4n) is 4.04. The molecule has 33 heavy (non-hydrogen) atoms. The van der Waals surface area contributed by atoms with Crippen LogP contribution in [0.25, 0.3) is 11.1 Å². The highest BCUT2D eigenvalue weighted by Crippen LogP contribution is 2.31. The summed E-state index contributed by atoms with van der Waals surface area (Å²) in [6.07, 6.45) is 2.88. The molecule has 4 aromatic rings. The molecule has 0 spiro atoms. The number of benzene rings is 2. The van der Waals surface area contributed by atoms with E-state index in [0.29, 0.717) is 22.5 Å². The van der Waals surface area contributed by atoms with Crippen LogP contribution in [0.5, 0.6) is 0 Å². The minimum absolute atomic E-state index is 0.224. The van der Waals surface area contributed by atoms with E-state index >= 15 is 0 Å². The van der Waals surface area contributed by atoms with E-state index in [9.17, 15) is 4.79 Å². The predicted molar refractivity (Wildman–Crippen MR) is 130 cm³/mol. The number of aryl methyl sites for hydroxylation is 1. The lowest BCUT2D eigenvalue weighted by Gasteiger charge is -2.29. The maximum absolute atomic E-state index is 12.5. The quantitative estimate of drug-likeness (QED) is 0.390. The van der Waals surface area contributed by atoms with Gasteiger partial charge in [-0.1, -0.05) is 42.0 Å². The van der Waals surface area contributed by atoms with Crippen molar-refractivity contribution in [3.05, 3.63) is 69.0 Å². The first-order valence-electron chi connectivity index (χ1n) is 11.1. The van der Waals surface area contributed by atoms with Gasteiger partial charge in [0.05, 0.1) is 6.54 Å². The molecule has 5 rings (SSSR count). The molecule has 1 aliphatic rings. The van der Waals surface area contributed by atoms with Crippen molar-refractivity contribution in [2.45, 2.75) is 38.6 Å². The van der Waals surface area contributed by atoms with E-state index < -0.39 is 0 Å². The molecule has 0 aliphatic carbocycles. The number of oxazole rings is 1. The summed E-state index contributed by atoms with van der Waals surface area (Å²) in [5.74, 6) is 0.855.